The summed E-state index contributed by atoms with van der Waals surface area (Å²) in [6.45, 7) is 0.724. The molecule has 0 saturated carbocycles. The number of hydrogen-bond donors (Lipinski definition) is 2. The van der Waals surface area contributed by atoms with E-state index in [4.69, 9.17) is 4.74 Å². The third-order valence-corrected chi connectivity index (χ3v) is 5.35. The monoisotopic (exact) mass is 387 g/mol. The van der Waals surface area contributed by atoms with Crippen molar-refractivity contribution in [2.75, 3.05) is 13.2 Å². The molecule has 1 aliphatic carbocycles. The first-order valence-electron chi connectivity index (χ1n) is 9.27. The summed E-state index contributed by atoms with van der Waals surface area (Å²) in [5.41, 5.74) is 5.88. The van der Waals surface area contributed by atoms with E-state index in [-0.39, 0.29) is 5.92 Å². The van der Waals surface area contributed by atoms with Gasteiger partial charge in [0.05, 0.1) is 0 Å². The lowest BCUT2D eigenvalue weighted by Gasteiger charge is -2.14. The predicted molar refractivity (Wildman–Crippen MR) is 116 cm³/mol. The van der Waals surface area contributed by atoms with E-state index in [9.17, 15) is 4.79 Å². The van der Waals surface area contributed by atoms with Gasteiger partial charge in [-0.25, -0.2) is 4.79 Å². The average molecular weight is 388 g/mol. The highest BCUT2D eigenvalue weighted by Gasteiger charge is 2.28. The fourth-order valence-electron chi connectivity index (χ4n) is 3.61. The van der Waals surface area contributed by atoms with Crippen LogP contribution in [0, 0.1) is 0 Å². The molecule has 28 heavy (non-hydrogen) atoms. The maximum absolute atomic E-state index is 12.1. The molecule has 1 amide bonds. The van der Waals surface area contributed by atoms with Crippen molar-refractivity contribution in [3.05, 3.63) is 95.6 Å². The maximum Gasteiger partial charge on any atom is 0.407 e. The van der Waals surface area contributed by atoms with E-state index in [1.54, 1.807) is 0 Å². The Labute approximate surface area is 170 Å². The lowest BCUT2D eigenvalue weighted by molar-refractivity contribution is 0.144. The number of rotatable bonds is 5. The molecule has 0 bridgehead atoms. The summed E-state index contributed by atoms with van der Waals surface area (Å²) >= 11 is 4.41. The maximum atomic E-state index is 12.1. The summed E-state index contributed by atoms with van der Waals surface area (Å²) in [4.78, 5) is 13.0. The first-order chi connectivity index (χ1) is 13.7. The standard InChI is InChI=1S/C24H21NO2S/c26-24(25-15-7-9-17-8-1-6-14-23(17)28)27-16-22-20-12-4-2-10-18(20)19-11-3-5-13-21(19)22/h1-14,22,28H,15-16H2,(H,25,26). The minimum absolute atomic E-state index is 0.0738. The molecule has 0 radical (unpaired) electrons. The third-order valence-electron chi connectivity index (χ3n) is 4.94. The van der Waals surface area contributed by atoms with Gasteiger partial charge in [-0.15, -0.1) is 12.6 Å². The van der Waals surface area contributed by atoms with Crippen LogP contribution in [0.15, 0.2) is 83.8 Å². The lowest BCUT2D eigenvalue weighted by Crippen LogP contribution is -2.26. The van der Waals surface area contributed by atoms with Gasteiger partial charge in [-0.2, -0.15) is 0 Å². The van der Waals surface area contributed by atoms with Gasteiger partial charge in [0, 0.05) is 17.4 Å². The molecule has 4 heteroatoms. The van der Waals surface area contributed by atoms with Crippen molar-refractivity contribution in [2.45, 2.75) is 10.8 Å². The normalized spacial score (nSPS) is 12.6. The van der Waals surface area contributed by atoms with Crippen molar-refractivity contribution in [3.8, 4) is 11.1 Å². The molecule has 3 nitrogen and oxygen atoms in total. The Hall–Kier alpha value is -2.98. The van der Waals surface area contributed by atoms with Crippen LogP contribution in [0.2, 0.25) is 0 Å². The van der Waals surface area contributed by atoms with Crippen LogP contribution < -0.4 is 5.32 Å². The molecule has 1 N–H and O–H groups in total. The fourth-order valence-corrected chi connectivity index (χ4v) is 3.84. The topological polar surface area (TPSA) is 38.3 Å². The summed E-state index contributed by atoms with van der Waals surface area (Å²) in [7, 11) is 0. The van der Waals surface area contributed by atoms with Gasteiger partial charge in [0.2, 0.25) is 0 Å². The van der Waals surface area contributed by atoms with Crippen molar-refractivity contribution in [2.24, 2.45) is 0 Å². The van der Waals surface area contributed by atoms with E-state index in [1.165, 1.54) is 22.3 Å². The molecular formula is C24H21NO2S. The van der Waals surface area contributed by atoms with Crippen molar-refractivity contribution >= 4 is 24.8 Å². The minimum atomic E-state index is -0.411. The Morgan fingerprint density at radius 1 is 0.929 bits per heavy atom. The first-order valence-corrected chi connectivity index (χ1v) is 9.72. The van der Waals surface area contributed by atoms with E-state index in [1.807, 2.05) is 60.7 Å². The van der Waals surface area contributed by atoms with Gasteiger partial charge >= 0.3 is 6.09 Å². The zero-order valence-corrected chi connectivity index (χ0v) is 16.2. The third kappa shape index (κ3) is 3.82. The van der Waals surface area contributed by atoms with Gasteiger partial charge in [0.25, 0.3) is 0 Å². The number of alkyl carbamates (subject to hydrolysis) is 1. The van der Waals surface area contributed by atoms with Gasteiger partial charge in [-0.1, -0.05) is 78.9 Å². The molecular weight excluding hydrogens is 366 g/mol. The molecule has 0 saturated heterocycles. The molecule has 0 heterocycles. The number of nitrogens with one attached hydrogen (secondary N) is 1. The number of hydrogen-bond acceptors (Lipinski definition) is 3. The molecule has 0 atom stereocenters. The number of amides is 1. The molecule has 0 fully saturated rings. The van der Waals surface area contributed by atoms with Crippen molar-refractivity contribution in [1.82, 2.24) is 5.32 Å². The Kier molecular flexibility index (Phi) is 5.49. The molecule has 3 aromatic carbocycles. The van der Waals surface area contributed by atoms with Crippen molar-refractivity contribution in [3.63, 3.8) is 0 Å². The zero-order chi connectivity index (χ0) is 19.3. The molecule has 0 aromatic heterocycles. The SMILES string of the molecule is O=C(NCC=Cc1ccccc1S)OCC1c2ccccc2-c2ccccc21. The minimum Gasteiger partial charge on any atom is -0.449 e. The van der Waals surface area contributed by atoms with Crippen LogP contribution in [0.1, 0.15) is 22.6 Å². The Morgan fingerprint density at radius 3 is 2.21 bits per heavy atom. The van der Waals surface area contributed by atoms with Crippen molar-refractivity contribution in [1.29, 1.82) is 0 Å². The summed E-state index contributed by atoms with van der Waals surface area (Å²) in [5, 5.41) is 2.77. The van der Waals surface area contributed by atoms with Crippen LogP contribution in [0.3, 0.4) is 0 Å². The predicted octanol–water partition coefficient (Wildman–Crippen LogP) is 5.53. The van der Waals surface area contributed by atoms with Gasteiger partial charge in [0.15, 0.2) is 0 Å². The molecule has 1 aliphatic rings. The summed E-state index contributed by atoms with van der Waals surface area (Å²) in [6, 6.07) is 24.4. The van der Waals surface area contributed by atoms with Crippen LogP contribution >= 0.6 is 12.6 Å². The highest BCUT2D eigenvalue weighted by molar-refractivity contribution is 7.80. The summed E-state index contributed by atoms with van der Waals surface area (Å²) in [5.74, 6) is 0.0738. The molecule has 0 aliphatic heterocycles. The highest BCUT2D eigenvalue weighted by atomic mass is 32.1. The number of carbonyl (C=O) groups is 1. The van der Waals surface area contributed by atoms with Crippen LogP contribution in [0.25, 0.3) is 17.2 Å². The molecule has 3 aromatic rings. The number of carbonyl (C=O) groups excluding carboxylic acids is 1. The fraction of sp³-hybridized carbons (Fsp3) is 0.125. The summed E-state index contributed by atoms with van der Waals surface area (Å²) < 4.78 is 5.52. The second kappa shape index (κ2) is 8.36. The summed E-state index contributed by atoms with van der Waals surface area (Å²) in [6.07, 6.45) is 3.41. The van der Waals surface area contributed by atoms with Crippen molar-refractivity contribution < 1.29 is 9.53 Å². The molecule has 140 valence electrons. The van der Waals surface area contributed by atoms with E-state index < -0.39 is 6.09 Å². The van der Waals surface area contributed by atoms with E-state index >= 15 is 0 Å². The van der Waals surface area contributed by atoms with E-state index in [2.05, 4.69) is 42.2 Å². The number of ether oxygens (including phenoxy) is 1. The Morgan fingerprint density at radius 2 is 1.54 bits per heavy atom. The quantitative estimate of drug-likeness (QED) is 0.565. The lowest BCUT2D eigenvalue weighted by atomic mass is 9.98. The van der Waals surface area contributed by atoms with Gasteiger partial charge in [-0.05, 0) is 33.9 Å². The molecule has 4 rings (SSSR count). The molecule has 0 spiro atoms. The zero-order valence-electron chi connectivity index (χ0n) is 15.3. The van der Waals surface area contributed by atoms with Crippen LogP contribution in [0.5, 0.6) is 0 Å². The van der Waals surface area contributed by atoms with Gasteiger partial charge in [-0.3, -0.25) is 0 Å². The largest absolute Gasteiger partial charge is 0.449 e. The van der Waals surface area contributed by atoms with Crippen LogP contribution in [-0.2, 0) is 4.74 Å². The Balaban J connectivity index is 1.35. The number of thiol groups is 1. The average Bonchev–Trinajstić information content (AvgIpc) is 3.05. The number of fused-ring (bicyclic) bond motifs is 3. The van der Waals surface area contributed by atoms with Crippen LogP contribution in [-0.4, -0.2) is 19.2 Å². The second-order valence-electron chi connectivity index (χ2n) is 6.67. The van der Waals surface area contributed by atoms with Gasteiger partial charge < -0.3 is 10.1 Å². The second-order valence-corrected chi connectivity index (χ2v) is 7.15. The smallest absolute Gasteiger partial charge is 0.407 e. The van der Waals surface area contributed by atoms with Crippen LogP contribution in [0.4, 0.5) is 4.79 Å². The Bertz CT molecular complexity index is 983. The number of benzene rings is 3. The molecule has 0 unspecified atom stereocenters. The van der Waals surface area contributed by atoms with E-state index in [0.717, 1.165) is 10.5 Å². The van der Waals surface area contributed by atoms with Gasteiger partial charge in [0.1, 0.15) is 6.61 Å². The van der Waals surface area contributed by atoms with E-state index in [0.29, 0.717) is 13.2 Å². The first kappa shape index (κ1) is 18.4. The highest BCUT2D eigenvalue weighted by Crippen LogP contribution is 2.44.